The normalized spacial score (nSPS) is 18.9. The fourth-order valence-corrected chi connectivity index (χ4v) is 5.45. The number of ether oxygens (including phenoxy) is 1. The van der Waals surface area contributed by atoms with Gasteiger partial charge in [-0.15, -0.1) is 11.3 Å². The summed E-state index contributed by atoms with van der Waals surface area (Å²) in [6.07, 6.45) is 5.35. The van der Waals surface area contributed by atoms with Crippen LogP contribution in [0.15, 0.2) is 35.3 Å². The largest absolute Gasteiger partial charge is 0.379 e. The Morgan fingerprint density at radius 2 is 2.03 bits per heavy atom. The third-order valence-electron chi connectivity index (χ3n) is 6.21. The lowest BCUT2D eigenvalue weighted by Gasteiger charge is -2.29. The summed E-state index contributed by atoms with van der Waals surface area (Å²) in [6.45, 7) is 3.61. The molecule has 2 heterocycles. The van der Waals surface area contributed by atoms with Gasteiger partial charge in [0.2, 0.25) is 12.1 Å². The predicted molar refractivity (Wildman–Crippen MR) is 134 cm³/mol. The Hall–Kier alpha value is -2.93. The molecule has 2 N–H and O–H groups in total. The standard InChI is InChI=1S/C24H26ClN5O3S/c1-16-14-17(4-5-18(16)30-11-13-33-12-8-21(30)27-15-26)28-23(32)24(9-2-3-10-24)29-22(31)19-6-7-20(25)34-19/h4-7,14H,2-3,8-13H2,1H3,(H,28,32)(H,29,31). The molecule has 1 aromatic heterocycles. The van der Waals surface area contributed by atoms with E-state index < -0.39 is 5.54 Å². The average molecular weight is 500 g/mol. The second-order valence-corrected chi connectivity index (χ2v) is 10.2. The molecule has 0 radical (unpaired) electrons. The minimum Gasteiger partial charge on any atom is -0.379 e. The van der Waals surface area contributed by atoms with Crippen LogP contribution >= 0.6 is 22.9 Å². The second-order valence-electron chi connectivity index (χ2n) is 8.44. The van der Waals surface area contributed by atoms with Crippen molar-refractivity contribution >= 4 is 52.0 Å². The Labute approximate surface area is 207 Å². The van der Waals surface area contributed by atoms with Gasteiger partial charge in [-0.2, -0.15) is 10.3 Å². The molecule has 2 fully saturated rings. The number of amides is 2. The lowest BCUT2D eigenvalue weighted by Crippen LogP contribution is -2.54. The van der Waals surface area contributed by atoms with Gasteiger partial charge < -0.3 is 20.3 Å². The summed E-state index contributed by atoms with van der Waals surface area (Å²) in [5.74, 6) is 0.164. The number of aliphatic imine (C=N–C) groups is 1. The molecule has 0 spiro atoms. The highest BCUT2D eigenvalue weighted by atomic mass is 35.5. The van der Waals surface area contributed by atoms with E-state index in [-0.39, 0.29) is 11.8 Å². The molecule has 34 heavy (non-hydrogen) atoms. The van der Waals surface area contributed by atoms with E-state index in [0.717, 1.165) is 24.1 Å². The number of amidine groups is 1. The number of hydrogen-bond acceptors (Lipinski definition) is 6. The Morgan fingerprint density at radius 1 is 1.24 bits per heavy atom. The number of nitriles is 1. The van der Waals surface area contributed by atoms with E-state index in [1.807, 2.05) is 36.2 Å². The van der Waals surface area contributed by atoms with Crippen molar-refractivity contribution in [3.05, 3.63) is 45.1 Å². The van der Waals surface area contributed by atoms with Gasteiger partial charge in [0, 0.05) is 24.3 Å². The molecular formula is C24H26ClN5O3S. The number of aryl methyl sites for hydroxylation is 1. The maximum atomic E-state index is 13.4. The van der Waals surface area contributed by atoms with E-state index in [1.54, 1.807) is 12.1 Å². The van der Waals surface area contributed by atoms with Crippen molar-refractivity contribution in [2.24, 2.45) is 4.99 Å². The minimum atomic E-state index is -0.950. The highest BCUT2D eigenvalue weighted by Crippen LogP contribution is 2.33. The van der Waals surface area contributed by atoms with E-state index in [0.29, 0.717) is 59.8 Å². The molecule has 10 heteroatoms. The first-order valence-corrected chi connectivity index (χ1v) is 12.4. The van der Waals surface area contributed by atoms with Gasteiger partial charge in [-0.25, -0.2) is 0 Å². The molecule has 178 valence electrons. The maximum absolute atomic E-state index is 13.4. The fourth-order valence-electron chi connectivity index (χ4n) is 4.51. The van der Waals surface area contributed by atoms with E-state index in [4.69, 9.17) is 21.6 Å². The quantitative estimate of drug-likeness (QED) is 0.589. The first-order chi connectivity index (χ1) is 16.4. The number of anilines is 2. The van der Waals surface area contributed by atoms with Crippen LogP contribution in [0.5, 0.6) is 0 Å². The van der Waals surface area contributed by atoms with Crippen LogP contribution in [0.2, 0.25) is 4.34 Å². The third kappa shape index (κ3) is 5.25. The number of nitrogens with one attached hydrogen (secondary N) is 2. The molecule has 1 saturated heterocycles. The Morgan fingerprint density at radius 3 is 2.71 bits per heavy atom. The molecule has 2 amide bonds. The van der Waals surface area contributed by atoms with E-state index in [9.17, 15) is 9.59 Å². The molecule has 2 aliphatic rings. The monoisotopic (exact) mass is 499 g/mol. The molecule has 2 aromatic rings. The summed E-state index contributed by atoms with van der Waals surface area (Å²) in [5, 5.41) is 15.0. The zero-order chi connectivity index (χ0) is 24.1. The maximum Gasteiger partial charge on any atom is 0.262 e. The number of carbonyl (C=O) groups is 2. The average Bonchev–Trinajstić information content (AvgIpc) is 3.40. The SMILES string of the molecule is Cc1cc(NC(=O)C2(NC(=O)c3ccc(Cl)s3)CCCC2)ccc1N1CCOCCC1=NC#N. The van der Waals surface area contributed by atoms with Crippen LogP contribution in [0.4, 0.5) is 11.4 Å². The molecule has 0 atom stereocenters. The van der Waals surface area contributed by atoms with E-state index in [2.05, 4.69) is 15.6 Å². The van der Waals surface area contributed by atoms with Crippen molar-refractivity contribution in [3.63, 3.8) is 0 Å². The highest BCUT2D eigenvalue weighted by molar-refractivity contribution is 7.18. The Kier molecular flexibility index (Phi) is 7.51. The van der Waals surface area contributed by atoms with Crippen LogP contribution in [0.3, 0.4) is 0 Å². The van der Waals surface area contributed by atoms with Gasteiger partial charge >= 0.3 is 0 Å². The first-order valence-electron chi connectivity index (χ1n) is 11.2. The summed E-state index contributed by atoms with van der Waals surface area (Å²) < 4.78 is 6.07. The number of nitrogens with zero attached hydrogens (tertiary/aromatic N) is 3. The predicted octanol–water partition coefficient (Wildman–Crippen LogP) is 4.50. The summed E-state index contributed by atoms with van der Waals surface area (Å²) in [4.78, 5) is 32.6. The Bertz CT molecular complexity index is 1150. The zero-order valence-corrected chi connectivity index (χ0v) is 20.5. The molecule has 1 aromatic carbocycles. The van der Waals surface area contributed by atoms with Crippen molar-refractivity contribution in [1.29, 1.82) is 5.26 Å². The van der Waals surface area contributed by atoms with Crippen LogP contribution in [-0.2, 0) is 9.53 Å². The molecule has 4 rings (SSSR count). The van der Waals surface area contributed by atoms with Crippen LogP contribution in [-0.4, -0.2) is 42.9 Å². The lowest BCUT2D eigenvalue weighted by atomic mass is 9.95. The number of rotatable bonds is 5. The van der Waals surface area contributed by atoms with Gasteiger partial charge in [0.05, 0.1) is 22.4 Å². The molecule has 1 saturated carbocycles. The molecule has 1 aliphatic carbocycles. The van der Waals surface area contributed by atoms with Crippen LogP contribution in [0.25, 0.3) is 0 Å². The Balaban J connectivity index is 1.51. The van der Waals surface area contributed by atoms with Gasteiger partial charge in [0.1, 0.15) is 11.4 Å². The zero-order valence-electron chi connectivity index (χ0n) is 18.9. The highest BCUT2D eigenvalue weighted by Gasteiger charge is 2.43. The van der Waals surface area contributed by atoms with Crippen molar-refractivity contribution in [2.75, 3.05) is 30.0 Å². The summed E-state index contributed by atoms with van der Waals surface area (Å²) in [7, 11) is 0. The topological polar surface area (TPSA) is 107 Å². The number of hydrogen-bond donors (Lipinski definition) is 2. The number of halogens is 1. The van der Waals surface area contributed by atoms with Gasteiger partial charge in [0.25, 0.3) is 5.91 Å². The smallest absolute Gasteiger partial charge is 0.262 e. The summed E-state index contributed by atoms with van der Waals surface area (Å²) >= 11 is 7.16. The van der Waals surface area contributed by atoms with Crippen molar-refractivity contribution in [1.82, 2.24) is 5.32 Å². The van der Waals surface area contributed by atoms with Crippen LogP contribution in [0, 0.1) is 18.4 Å². The van der Waals surface area contributed by atoms with Crippen LogP contribution < -0.4 is 15.5 Å². The van der Waals surface area contributed by atoms with E-state index in [1.165, 1.54) is 11.3 Å². The minimum absolute atomic E-state index is 0.219. The van der Waals surface area contributed by atoms with Crippen molar-refractivity contribution in [3.8, 4) is 6.19 Å². The number of carbonyl (C=O) groups excluding carboxylic acids is 2. The fraction of sp³-hybridized carbons (Fsp3) is 0.417. The van der Waals surface area contributed by atoms with Crippen molar-refractivity contribution < 1.29 is 14.3 Å². The first kappa shape index (κ1) is 24.2. The second kappa shape index (κ2) is 10.6. The molecule has 0 bridgehead atoms. The van der Waals surface area contributed by atoms with E-state index >= 15 is 0 Å². The third-order valence-corrected chi connectivity index (χ3v) is 7.44. The van der Waals surface area contributed by atoms with Gasteiger partial charge in [-0.3, -0.25) is 9.59 Å². The molecule has 0 unspecified atom stereocenters. The van der Waals surface area contributed by atoms with Crippen LogP contribution in [0.1, 0.15) is 47.3 Å². The number of thiophene rings is 1. The molecular weight excluding hydrogens is 474 g/mol. The van der Waals surface area contributed by atoms with Gasteiger partial charge in [-0.05, 0) is 55.7 Å². The lowest BCUT2D eigenvalue weighted by molar-refractivity contribution is -0.122. The molecule has 1 aliphatic heterocycles. The molecule has 8 nitrogen and oxygen atoms in total. The summed E-state index contributed by atoms with van der Waals surface area (Å²) in [5.41, 5.74) is 1.55. The summed E-state index contributed by atoms with van der Waals surface area (Å²) in [6, 6.07) is 8.99. The number of benzene rings is 1. The van der Waals surface area contributed by atoms with Gasteiger partial charge in [0.15, 0.2) is 0 Å². The van der Waals surface area contributed by atoms with Crippen molar-refractivity contribution in [2.45, 2.75) is 44.6 Å². The van der Waals surface area contributed by atoms with Gasteiger partial charge in [-0.1, -0.05) is 24.4 Å².